The lowest BCUT2D eigenvalue weighted by Gasteiger charge is -2.17. The summed E-state index contributed by atoms with van der Waals surface area (Å²) in [5.74, 6) is -3.99. The van der Waals surface area contributed by atoms with Gasteiger partial charge < -0.3 is 16.0 Å². The lowest BCUT2D eigenvalue weighted by molar-refractivity contribution is -0.136. The molecule has 0 aliphatic carbocycles. The first kappa shape index (κ1) is 26.9. The molecule has 0 radical (unpaired) electrons. The van der Waals surface area contributed by atoms with Gasteiger partial charge in [-0.2, -0.15) is 18.3 Å². The number of hydrogen-bond donors (Lipinski definition) is 2. The lowest BCUT2D eigenvalue weighted by Crippen LogP contribution is -2.42. The van der Waals surface area contributed by atoms with E-state index in [0.29, 0.717) is 6.07 Å². The zero-order valence-electron chi connectivity index (χ0n) is 20.5. The third-order valence-electron chi connectivity index (χ3n) is 6.53. The first-order valence-electron chi connectivity index (χ1n) is 11.7. The van der Waals surface area contributed by atoms with Crippen LogP contribution in [0.15, 0.2) is 42.9 Å². The molecule has 40 heavy (non-hydrogen) atoms. The molecule has 5 rings (SSSR count). The third kappa shape index (κ3) is 4.78. The molecule has 0 spiro atoms. The summed E-state index contributed by atoms with van der Waals surface area (Å²) >= 11 is 0. The molecule has 4 aromatic rings. The summed E-state index contributed by atoms with van der Waals surface area (Å²) in [5.41, 5.74) is 3.68. The van der Waals surface area contributed by atoms with E-state index in [1.807, 2.05) is 0 Å². The highest BCUT2D eigenvalue weighted by molar-refractivity contribution is 5.97. The van der Waals surface area contributed by atoms with Crippen molar-refractivity contribution in [3.8, 4) is 11.3 Å². The Kier molecular flexibility index (Phi) is 6.59. The van der Waals surface area contributed by atoms with Gasteiger partial charge in [0, 0.05) is 18.3 Å². The number of nitrogens with one attached hydrogen (secondary N) is 1. The predicted molar refractivity (Wildman–Crippen MR) is 129 cm³/mol. The van der Waals surface area contributed by atoms with E-state index in [1.54, 1.807) is 0 Å². The van der Waals surface area contributed by atoms with Gasteiger partial charge in [0.15, 0.2) is 5.82 Å². The Balaban J connectivity index is 1.41. The fourth-order valence-corrected chi connectivity index (χ4v) is 4.54. The minimum absolute atomic E-state index is 0.0730. The maximum absolute atomic E-state index is 14.8. The van der Waals surface area contributed by atoms with Gasteiger partial charge in [-0.25, -0.2) is 22.7 Å². The molecule has 1 aromatic carbocycles. The molecule has 3 aromatic heterocycles. The number of halogens is 6. The summed E-state index contributed by atoms with van der Waals surface area (Å²) in [6.45, 7) is 0.664. The van der Waals surface area contributed by atoms with Gasteiger partial charge in [0.25, 0.3) is 11.8 Å². The van der Waals surface area contributed by atoms with E-state index in [0.717, 1.165) is 33.9 Å². The van der Waals surface area contributed by atoms with Crippen molar-refractivity contribution in [1.29, 1.82) is 0 Å². The molecule has 0 saturated carbocycles. The Labute approximate surface area is 221 Å². The summed E-state index contributed by atoms with van der Waals surface area (Å²) in [5, 5.41) is 6.32. The van der Waals surface area contributed by atoms with Gasteiger partial charge in [-0.1, -0.05) is 0 Å². The van der Waals surface area contributed by atoms with Crippen LogP contribution in [0.1, 0.15) is 32.0 Å². The zero-order valence-corrected chi connectivity index (χ0v) is 20.5. The number of amides is 2. The second-order valence-corrected chi connectivity index (χ2v) is 9.13. The van der Waals surface area contributed by atoms with Crippen molar-refractivity contribution in [1.82, 2.24) is 29.8 Å². The lowest BCUT2D eigenvalue weighted by atomic mass is 10.1. The van der Waals surface area contributed by atoms with E-state index in [1.165, 1.54) is 19.2 Å². The van der Waals surface area contributed by atoms with Crippen LogP contribution in [0.3, 0.4) is 0 Å². The molecule has 1 saturated heterocycles. The van der Waals surface area contributed by atoms with Gasteiger partial charge in [-0.05, 0) is 37.3 Å². The number of aryl methyl sites for hydroxylation is 1. The minimum Gasteiger partial charge on any atom is -0.382 e. The Bertz CT molecular complexity index is 1650. The molecule has 1 fully saturated rings. The van der Waals surface area contributed by atoms with E-state index in [2.05, 4.69) is 20.4 Å². The smallest absolute Gasteiger partial charge is 0.382 e. The van der Waals surface area contributed by atoms with Crippen LogP contribution in [0.4, 0.5) is 32.2 Å². The van der Waals surface area contributed by atoms with Crippen LogP contribution in [0.25, 0.3) is 16.8 Å². The average molecular weight is 563 g/mol. The molecule has 0 bridgehead atoms. The number of pyridine rings is 1. The van der Waals surface area contributed by atoms with Gasteiger partial charge in [0.1, 0.15) is 29.7 Å². The van der Waals surface area contributed by atoms with Crippen LogP contribution in [0.5, 0.6) is 0 Å². The summed E-state index contributed by atoms with van der Waals surface area (Å²) in [7, 11) is 0. The first-order valence-corrected chi connectivity index (χ1v) is 11.7. The SMILES string of the molecule is Cc1ncc(-c2cc(C(F)(F)F)c3c(N)ncnn23)cc1C(=O)N[C@@H]1CN(C(=O)c2cc(F)ccc2F)C[C@@H]1F. The molecule has 3 N–H and O–H groups in total. The normalized spacial score (nSPS) is 17.4. The Hall–Kier alpha value is -4.69. The van der Waals surface area contributed by atoms with Crippen molar-refractivity contribution in [3.05, 3.63) is 76.9 Å². The molecule has 208 valence electrons. The number of alkyl halides is 4. The van der Waals surface area contributed by atoms with Gasteiger partial charge in [-0.15, -0.1) is 0 Å². The second kappa shape index (κ2) is 9.81. The number of nitrogens with two attached hydrogens (primary N) is 1. The molecule has 2 amide bonds. The highest BCUT2D eigenvalue weighted by Crippen LogP contribution is 2.38. The van der Waals surface area contributed by atoms with Crippen LogP contribution in [-0.4, -0.2) is 61.6 Å². The molecular weight excluding hydrogens is 544 g/mol. The Morgan fingerprint density at radius 3 is 2.55 bits per heavy atom. The van der Waals surface area contributed by atoms with Crippen molar-refractivity contribution >= 4 is 23.1 Å². The number of nitrogen functional groups attached to an aromatic ring is 1. The molecule has 2 atom stereocenters. The van der Waals surface area contributed by atoms with Crippen LogP contribution in [0, 0.1) is 18.6 Å². The van der Waals surface area contributed by atoms with Gasteiger partial charge in [0.05, 0.1) is 40.7 Å². The molecule has 1 aliphatic heterocycles. The number of carbonyl (C=O) groups is 2. The van der Waals surface area contributed by atoms with E-state index in [4.69, 9.17) is 5.73 Å². The number of hydrogen-bond acceptors (Lipinski definition) is 6. The van der Waals surface area contributed by atoms with Gasteiger partial charge in [0.2, 0.25) is 0 Å². The number of carbonyl (C=O) groups excluding carboxylic acids is 2. The maximum Gasteiger partial charge on any atom is 0.418 e. The number of likely N-dealkylation sites (tertiary alicyclic amines) is 1. The van der Waals surface area contributed by atoms with E-state index >= 15 is 0 Å². The van der Waals surface area contributed by atoms with E-state index in [-0.39, 0.29) is 29.1 Å². The largest absolute Gasteiger partial charge is 0.418 e. The van der Waals surface area contributed by atoms with Crippen molar-refractivity contribution in [2.45, 2.75) is 25.3 Å². The fourth-order valence-electron chi connectivity index (χ4n) is 4.54. The fraction of sp³-hybridized carbons (Fsp3) is 0.240. The second-order valence-electron chi connectivity index (χ2n) is 9.13. The van der Waals surface area contributed by atoms with Crippen LogP contribution < -0.4 is 11.1 Å². The van der Waals surface area contributed by atoms with Crippen molar-refractivity contribution in [2.24, 2.45) is 0 Å². The predicted octanol–water partition coefficient (Wildman–Crippen LogP) is 3.57. The number of benzene rings is 1. The number of anilines is 1. The number of nitrogens with zero attached hydrogens (tertiary/aromatic N) is 5. The molecule has 1 aliphatic rings. The first-order chi connectivity index (χ1) is 18.8. The molecule has 0 unspecified atom stereocenters. The van der Waals surface area contributed by atoms with Crippen LogP contribution in [-0.2, 0) is 6.18 Å². The molecular formula is C25H19F6N7O2. The maximum atomic E-state index is 14.8. The highest BCUT2D eigenvalue weighted by atomic mass is 19.4. The standard InChI is InChI=1S/C25H19F6N7O2/c1-11-14(4-12(7-33-11)20-6-16(25(29,30)31)21-22(32)34-10-35-38(20)21)23(39)36-19-9-37(8-18(19)28)24(40)15-5-13(26)2-3-17(15)27/h2-7,10,18-19H,8-9H2,1H3,(H,36,39)(H2,32,34,35)/t18-,19+/m0/s1. The summed E-state index contributed by atoms with van der Waals surface area (Å²) in [6.07, 6.45) is -4.29. The van der Waals surface area contributed by atoms with Crippen molar-refractivity contribution in [3.63, 3.8) is 0 Å². The van der Waals surface area contributed by atoms with Crippen LogP contribution >= 0.6 is 0 Å². The number of rotatable bonds is 4. The average Bonchev–Trinajstić information content (AvgIpc) is 3.47. The monoisotopic (exact) mass is 563 g/mol. The quantitative estimate of drug-likeness (QED) is 0.367. The van der Waals surface area contributed by atoms with E-state index in [9.17, 15) is 35.9 Å². The Morgan fingerprint density at radius 1 is 1.07 bits per heavy atom. The summed E-state index contributed by atoms with van der Waals surface area (Å²) in [6, 6.07) is 3.19. The van der Waals surface area contributed by atoms with Crippen molar-refractivity contribution < 1.29 is 35.9 Å². The topological polar surface area (TPSA) is 119 Å². The number of aromatic nitrogens is 4. The van der Waals surface area contributed by atoms with Gasteiger partial charge in [-0.3, -0.25) is 14.6 Å². The van der Waals surface area contributed by atoms with Gasteiger partial charge >= 0.3 is 6.18 Å². The summed E-state index contributed by atoms with van der Waals surface area (Å²) < 4.78 is 84.4. The zero-order chi connectivity index (χ0) is 28.9. The van der Waals surface area contributed by atoms with E-state index < -0.39 is 70.8 Å². The number of fused-ring (bicyclic) bond motifs is 1. The minimum atomic E-state index is -4.78. The summed E-state index contributed by atoms with van der Waals surface area (Å²) in [4.78, 5) is 34.4. The molecule has 4 heterocycles. The Morgan fingerprint density at radius 2 is 1.82 bits per heavy atom. The van der Waals surface area contributed by atoms with Crippen LogP contribution in [0.2, 0.25) is 0 Å². The van der Waals surface area contributed by atoms with Crippen molar-refractivity contribution in [2.75, 3.05) is 18.8 Å². The third-order valence-corrected chi connectivity index (χ3v) is 6.53. The molecule has 15 heteroatoms. The highest BCUT2D eigenvalue weighted by Gasteiger charge is 2.39. The molecule has 9 nitrogen and oxygen atoms in total.